The van der Waals surface area contributed by atoms with Crippen molar-refractivity contribution in [3.05, 3.63) is 59.9 Å². The van der Waals surface area contributed by atoms with Gasteiger partial charge in [0, 0.05) is 11.9 Å². The van der Waals surface area contributed by atoms with Crippen LogP contribution in [-0.4, -0.2) is 9.97 Å². The maximum atomic E-state index is 12.6. The molecule has 0 spiro atoms. The first-order valence-electron chi connectivity index (χ1n) is 4.84. The number of hydrogen-bond acceptors (Lipinski definition) is 2. The average Bonchev–Trinajstić information content (AvgIpc) is 2.30. The molecule has 0 radical (unpaired) electrons. The molecular weight excluding hydrogens is 191 g/mol. The van der Waals surface area contributed by atoms with E-state index in [1.807, 2.05) is 6.07 Å². The average molecular weight is 202 g/mol. The fourth-order valence-electron chi connectivity index (χ4n) is 1.39. The lowest BCUT2D eigenvalue weighted by Crippen LogP contribution is -1.94. The normalized spacial score (nSPS) is 10.2. The molecule has 0 fully saturated rings. The van der Waals surface area contributed by atoms with E-state index in [2.05, 4.69) is 9.97 Å². The number of aryl methyl sites for hydroxylation is 2. The van der Waals surface area contributed by atoms with E-state index in [4.69, 9.17) is 0 Å². The molecule has 76 valence electrons. The Labute approximate surface area is 87.8 Å². The summed E-state index contributed by atoms with van der Waals surface area (Å²) in [5, 5.41) is 0. The van der Waals surface area contributed by atoms with E-state index >= 15 is 0 Å². The SMILES string of the molecule is Fc1ccc(CCc2ccncn2)cc1. The molecule has 0 atom stereocenters. The van der Waals surface area contributed by atoms with Crippen LogP contribution in [0.15, 0.2) is 42.9 Å². The van der Waals surface area contributed by atoms with Crippen LogP contribution in [0.5, 0.6) is 0 Å². The molecule has 0 unspecified atom stereocenters. The molecule has 2 aromatic rings. The van der Waals surface area contributed by atoms with Gasteiger partial charge < -0.3 is 0 Å². The highest BCUT2D eigenvalue weighted by Gasteiger charge is 1.96. The molecule has 0 amide bonds. The fraction of sp³-hybridized carbons (Fsp3) is 0.167. The van der Waals surface area contributed by atoms with Crippen molar-refractivity contribution in [1.82, 2.24) is 9.97 Å². The first kappa shape index (κ1) is 9.77. The summed E-state index contributed by atoms with van der Waals surface area (Å²) < 4.78 is 12.6. The van der Waals surface area contributed by atoms with Gasteiger partial charge in [-0.15, -0.1) is 0 Å². The lowest BCUT2D eigenvalue weighted by molar-refractivity contribution is 0.627. The Hall–Kier alpha value is -1.77. The molecule has 0 N–H and O–H groups in total. The van der Waals surface area contributed by atoms with E-state index in [1.165, 1.54) is 12.1 Å². The lowest BCUT2D eigenvalue weighted by Gasteiger charge is -2.00. The minimum Gasteiger partial charge on any atom is -0.245 e. The van der Waals surface area contributed by atoms with Crippen molar-refractivity contribution >= 4 is 0 Å². The Morgan fingerprint density at radius 2 is 1.80 bits per heavy atom. The summed E-state index contributed by atoms with van der Waals surface area (Å²) in [6, 6.07) is 8.46. The lowest BCUT2D eigenvalue weighted by atomic mass is 10.1. The van der Waals surface area contributed by atoms with Gasteiger partial charge in [-0.25, -0.2) is 14.4 Å². The van der Waals surface area contributed by atoms with Gasteiger partial charge in [-0.3, -0.25) is 0 Å². The molecular formula is C12H11FN2. The zero-order chi connectivity index (χ0) is 10.5. The second-order valence-electron chi connectivity index (χ2n) is 3.33. The minimum atomic E-state index is -0.194. The Balaban J connectivity index is 1.96. The molecule has 0 saturated carbocycles. The van der Waals surface area contributed by atoms with Crippen LogP contribution in [0.25, 0.3) is 0 Å². The Bertz CT molecular complexity index is 411. The highest BCUT2D eigenvalue weighted by molar-refractivity contribution is 5.17. The van der Waals surface area contributed by atoms with Crippen molar-refractivity contribution in [2.24, 2.45) is 0 Å². The van der Waals surface area contributed by atoms with Gasteiger partial charge >= 0.3 is 0 Å². The third-order valence-corrected chi connectivity index (χ3v) is 2.23. The predicted molar refractivity (Wildman–Crippen MR) is 55.8 cm³/mol. The maximum absolute atomic E-state index is 12.6. The highest BCUT2D eigenvalue weighted by Crippen LogP contribution is 2.06. The highest BCUT2D eigenvalue weighted by atomic mass is 19.1. The molecule has 0 saturated heterocycles. The Morgan fingerprint density at radius 1 is 1.00 bits per heavy atom. The molecule has 0 aliphatic rings. The van der Waals surface area contributed by atoms with E-state index in [9.17, 15) is 4.39 Å². The van der Waals surface area contributed by atoms with Crippen LogP contribution in [0, 0.1) is 5.82 Å². The third kappa shape index (κ3) is 2.84. The van der Waals surface area contributed by atoms with Crippen LogP contribution in [0.1, 0.15) is 11.3 Å². The summed E-state index contributed by atoms with van der Waals surface area (Å²) in [5.74, 6) is -0.194. The molecule has 0 bridgehead atoms. The number of hydrogen-bond donors (Lipinski definition) is 0. The summed E-state index contributed by atoms with van der Waals surface area (Å²) in [5.41, 5.74) is 2.13. The van der Waals surface area contributed by atoms with E-state index in [1.54, 1.807) is 24.7 Å². The van der Waals surface area contributed by atoms with Gasteiger partial charge in [0.25, 0.3) is 0 Å². The molecule has 15 heavy (non-hydrogen) atoms. The van der Waals surface area contributed by atoms with Crippen LogP contribution >= 0.6 is 0 Å². The number of nitrogens with zero attached hydrogens (tertiary/aromatic N) is 2. The van der Waals surface area contributed by atoms with Crippen molar-refractivity contribution in [2.45, 2.75) is 12.8 Å². The van der Waals surface area contributed by atoms with Crippen LogP contribution in [0.2, 0.25) is 0 Å². The topological polar surface area (TPSA) is 25.8 Å². The van der Waals surface area contributed by atoms with Gasteiger partial charge in [-0.05, 0) is 36.6 Å². The van der Waals surface area contributed by atoms with Gasteiger partial charge in [0.1, 0.15) is 12.1 Å². The predicted octanol–water partition coefficient (Wildman–Crippen LogP) is 2.40. The quantitative estimate of drug-likeness (QED) is 0.763. The summed E-state index contributed by atoms with van der Waals surface area (Å²) in [7, 11) is 0. The zero-order valence-electron chi connectivity index (χ0n) is 8.23. The summed E-state index contributed by atoms with van der Waals surface area (Å²) in [6.45, 7) is 0. The van der Waals surface area contributed by atoms with Crippen molar-refractivity contribution in [2.75, 3.05) is 0 Å². The molecule has 0 aliphatic heterocycles. The molecule has 1 aromatic carbocycles. The third-order valence-electron chi connectivity index (χ3n) is 2.23. The molecule has 1 heterocycles. The van der Waals surface area contributed by atoms with Gasteiger partial charge in [-0.2, -0.15) is 0 Å². The summed E-state index contributed by atoms with van der Waals surface area (Å²) in [4.78, 5) is 7.98. The van der Waals surface area contributed by atoms with Crippen molar-refractivity contribution in [3.63, 3.8) is 0 Å². The smallest absolute Gasteiger partial charge is 0.123 e. The molecule has 2 nitrogen and oxygen atoms in total. The summed E-state index contributed by atoms with van der Waals surface area (Å²) >= 11 is 0. The standard InChI is InChI=1S/C12H11FN2/c13-11-4-1-10(2-5-11)3-6-12-7-8-14-9-15-12/h1-2,4-5,7-9H,3,6H2. The molecule has 0 aliphatic carbocycles. The van der Waals surface area contributed by atoms with Crippen LogP contribution in [-0.2, 0) is 12.8 Å². The van der Waals surface area contributed by atoms with Crippen LogP contribution < -0.4 is 0 Å². The fourth-order valence-corrected chi connectivity index (χ4v) is 1.39. The van der Waals surface area contributed by atoms with Gasteiger partial charge in [0.2, 0.25) is 0 Å². The van der Waals surface area contributed by atoms with E-state index in [0.29, 0.717) is 0 Å². The van der Waals surface area contributed by atoms with Gasteiger partial charge in [-0.1, -0.05) is 12.1 Å². The van der Waals surface area contributed by atoms with E-state index < -0.39 is 0 Å². The summed E-state index contributed by atoms with van der Waals surface area (Å²) in [6.07, 6.45) is 5.00. The van der Waals surface area contributed by atoms with Crippen LogP contribution in [0.3, 0.4) is 0 Å². The molecule has 1 aromatic heterocycles. The second kappa shape index (κ2) is 4.64. The number of rotatable bonds is 3. The molecule has 3 heteroatoms. The van der Waals surface area contributed by atoms with E-state index in [0.717, 1.165) is 24.1 Å². The zero-order valence-corrected chi connectivity index (χ0v) is 8.23. The van der Waals surface area contributed by atoms with Crippen molar-refractivity contribution in [1.29, 1.82) is 0 Å². The monoisotopic (exact) mass is 202 g/mol. The molecule has 2 rings (SSSR count). The first-order valence-corrected chi connectivity index (χ1v) is 4.84. The number of aromatic nitrogens is 2. The van der Waals surface area contributed by atoms with Crippen molar-refractivity contribution in [3.8, 4) is 0 Å². The maximum Gasteiger partial charge on any atom is 0.123 e. The minimum absolute atomic E-state index is 0.194. The van der Waals surface area contributed by atoms with E-state index in [-0.39, 0.29) is 5.82 Å². The van der Waals surface area contributed by atoms with Crippen molar-refractivity contribution < 1.29 is 4.39 Å². The number of halogens is 1. The number of benzene rings is 1. The first-order chi connectivity index (χ1) is 7.34. The Kier molecular flexibility index (Phi) is 3.02. The largest absolute Gasteiger partial charge is 0.245 e. The second-order valence-corrected chi connectivity index (χ2v) is 3.33. The van der Waals surface area contributed by atoms with Crippen LogP contribution in [0.4, 0.5) is 4.39 Å². The Morgan fingerprint density at radius 3 is 2.47 bits per heavy atom. The van der Waals surface area contributed by atoms with Gasteiger partial charge in [0.05, 0.1) is 0 Å². The van der Waals surface area contributed by atoms with Gasteiger partial charge in [0.15, 0.2) is 0 Å².